The van der Waals surface area contributed by atoms with Gasteiger partial charge in [0.2, 0.25) is 0 Å². The van der Waals surface area contributed by atoms with Crippen LogP contribution in [-0.2, 0) is 13.1 Å². The van der Waals surface area contributed by atoms with Crippen LogP contribution < -0.4 is 0 Å². The minimum Gasteiger partial charge on any atom is -0.468 e. The molecule has 2 rings (SSSR count). The van der Waals surface area contributed by atoms with Gasteiger partial charge in [-0.05, 0) is 36.4 Å². The zero-order chi connectivity index (χ0) is 13.0. The van der Waals surface area contributed by atoms with Crippen molar-refractivity contribution in [1.82, 2.24) is 4.90 Å². The maximum absolute atomic E-state index is 6.23. The van der Waals surface area contributed by atoms with E-state index in [1.807, 2.05) is 24.3 Å². The highest BCUT2D eigenvalue weighted by atomic mass is 79.9. The molecule has 96 valence electrons. The summed E-state index contributed by atoms with van der Waals surface area (Å²) in [4.78, 5) is 2.29. The van der Waals surface area contributed by atoms with Gasteiger partial charge in [0.15, 0.2) is 0 Å². The van der Waals surface area contributed by atoms with Gasteiger partial charge < -0.3 is 4.42 Å². The Labute approximate surface area is 121 Å². The lowest BCUT2D eigenvalue weighted by Gasteiger charge is -2.19. The van der Waals surface area contributed by atoms with Crippen molar-refractivity contribution in [2.45, 2.75) is 20.0 Å². The molecule has 1 aromatic carbocycles. The fourth-order valence-electron chi connectivity index (χ4n) is 1.79. The van der Waals surface area contributed by atoms with Crippen LogP contribution in [0.2, 0.25) is 5.02 Å². The second-order valence-corrected chi connectivity index (χ2v) is 5.44. The van der Waals surface area contributed by atoms with E-state index >= 15 is 0 Å². The highest BCUT2D eigenvalue weighted by Crippen LogP contribution is 2.23. The fourth-order valence-corrected chi connectivity index (χ4v) is 2.53. The number of hydrogen-bond donors (Lipinski definition) is 0. The predicted octanol–water partition coefficient (Wildman–Crippen LogP) is 4.72. The molecule has 0 aliphatic carbocycles. The first kappa shape index (κ1) is 13.7. The van der Waals surface area contributed by atoms with Gasteiger partial charge in [0.25, 0.3) is 0 Å². The van der Waals surface area contributed by atoms with Gasteiger partial charge in [0.1, 0.15) is 5.76 Å². The molecule has 0 fully saturated rings. The van der Waals surface area contributed by atoms with Crippen molar-refractivity contribution in [3.63, 3.8) is 0 Å². The Morgan fingerprint density at radius 3 is 2.72 bits per heavy atom. The van der Waals surface area contributed by atoms with E-state index in [1.54, 1.807) is 6.26 Å². The van der Waals surface area contributed by atoms with E-state index in [2.05, 4.69) is 33.8 Å². The summed E-state index contributed by atoms with van der Waals surface area (Å²) >= 11 is 9.65. The standard InChI is InChI=1S/C14H15BrClNO/c1-2-17(10-13-4-3-7-18-13)9-11-5-6-12(15)8-14(11)16/h3-8H,2,9-10H2,1H3. The average molecular weight is 329 g/mol. The second kappa shape index (κ2) is 6.41. The molecule has 0 unspecified atom stereocenters. The zero-order valence-corrected chi connectivity index (χ0v) is 12.5. The summed E-state index contributed by atoms with van der Waals surface area (Å²) < 4.78 is 6.38. The van der Waals surface area contributed by atoms with Crippen LogP contribution >= 0.6 is 27.5 Å². The van der Waals surface area contributed by atoms with E-state index in [1.165, 1.54) is 0 Å². The highest BCUT2D eigenvalue weighted by molar-refractivity contribution is 9.10. The molecule has 0 N–H and O–H groups in total. The van der Waals surface area contributed by atoms with Crippen molar-refractivity contribution in [3.05, 3.63) is 57.4 Å². The first-order chi connectivity index (χ1) is 8.69. The second-order valence-electron chi connectivity index (χ2n) is 4.12. The van der Waals surface area contributed by atoms with Crippen molar-refractivity contribution in [2.24, 2.45) is 0 Å². The molecule has 0 saturated heterocycles. The third-order valence-corrected chi connectivity index (χ3v) is 3.66. The molecule has 1 aromatic heterocycles. The summed E-state index contributed by atoms with van der Waals surface area (Å²) in [5, 5.41) is 0.794. The molecule has 2 aromatic rings. The summed E-state index contributed by atoms with van der Waals surface area (Å²) in [5.74, 6) is 0.977. The van der Waals surface area contributed by atoms with Crippen molar-refractivity contribution in [1.29, 1.82) is 0 Å². The lowest BCUT2D eigenvalue weighted by atomic mass is 10.2. The molecule has 4 heteroatoms. The molecule has 1 heterocycles. The van der Waals surface area contributed by atoms with Crippen LogP contribution in [0.15, 0.2) is 45.5 Å². The number of rotatable bonds is 5. The predicted molar refractivity (Wildman–Crippen MR) is 77.6 cm³/mol. The first-order valence-electron chi connectivity index (χ1n) is 5.87. The van der Waals surface area contributed by atoms with E-state index in [0.717, 1.165) is 40.5 Å². The minimum absolute atomic E-state index is 0.794. The monoisotopic (exact) mass is 327 g/mol. The SMILES string of the molecule is CCN(Cc1ccco1)Cc1ccc(Br)cc1Cl. The summed E-state index contributed by atoms with van der Waals surface area (Å²) in [6.07, 6.45) is 1.70. The summed E-state index contributed by atoms with van der Waals surface area (Å²) in [5.41, 5.74) is 1.13. The molecular weight excluding hydrogens is 314 g/mol. The van der Waals surface area contributed by atoms with E-state index in [0.29, 0.717) is 0 Å². The van der Waals surface area contributed by atoms with Crippen LogP contribution in [0.25, 0.3) is 0 Å². The number of furan rings is 1. The van der Waals surface area contributed by atoms with Crippen LogP contribution in [0.4, 0.5) is 0 Å². The zero-order valence-electron chi connectivity index (χ0n) is 10.2. The molecule has 0 spiro atoms. The largest absolute Gasteiger partial charge is 0.468 e. The van der Waals surface area contributed by atoms with Crippen LogP contribution in [0.5, 0.6) is 0 Å². The third kappa shape index (κ3) is 3.61. The number of nitrogens with zero attached hydrogens (tertiary/aromatic N) is 1. The maximum Gasteiger partial charge on any atom is 0.117 e. The molecule has 0 bridgehead atoms. The molecule has 0 aliphatic heterocycles. The highest BCUT2D eigenvalue weighted by Gasteiger charge is 2.09. The van der Waals surface area contributed by atoms with Crippen molar-refractivity contribution >= 4 is 27.5 Å². The van der Waals surface area contributed by atoms with Gasteiger partial charge in [-0.3, -0.25) is 4.90 Å². The Bertz CT molecular complexity index is 499. The summed E-state index contributed by atoms with van der Waals surface area (Å²) in [6.45, 7) is 4.71. The Morgan fingerprint density at radius 1 is 1.28 bits per heavy atom. The van der Waals surface area contributed by atoms with Crippen molar-refractivity contribution < 1.29 is 4.42 Å². The van der Waals surface area contributed by atoms with E-state index in [-0.39, 0.29) is 0 Å². The van der Waals surface area contributed by atoms with Crippen LogP contribution in [0.1, 0.15) is 18.2 Å². The van der Waals surface area contributed by atoms with Gasteiger partial charge in [0, 0.05) is 16.0 Å². The third-order valence-electron chi connectivity index (χ3n) is 2.82. The van der Waals surface area contributed by atoms with Gasteiger partial charge in [-0.1, -0.05) is 40.5 Å². The van der Waals surface area contributed by atoms with E-state index < -0.39 is 0 Å². The molecule has 0 atom stereocenters. The van der Waals surface area contributed by atoms with Gasteiger partial charge in [-0.2, -0.15) is 0 Å². The molecule has 0 aliphatic rings. The molecular formula is C14H15BrClNO. The van der Waals surface area contributed by atoms with Crippen LogP contribution in [0, 0.1) is 0 Å². The lowest BCUT2D eigenvalue weighted by molar-refractivity contribution is 0.248. The number of benzene rings is 1. The Balaban J connectivity index is 2.05. The Hall–Kier alpha value is -0.770. The molecule has 18 heavy (non-hydrogen) atoms. The van der Waals surface area contributed by atoms with Gasteiger partial charge in [-0.15, -0.1) is 0 Å². The molecule has 0 radical (unpaired) electrons. The first-order valence-corrected chi connectivity index (χ1v) is 7.05. The maximum atomic E-state index is 6.23. The topological polar surface area (TPSA) is 16.4 Å². The Kier molecular flexibility index (Phi) is 4.87. The molecule has 2 nitrogen and oxygen atoms in total. The van der Waals surface area contributed by atoms with Crippen LogP contribution in [0.3, 0.4) is 0 Å². The van der Waals surface area contributed by atoms with E-state index in [4.69, 9.17) is 16.0 Å². The van der Waals surface area contributed by atoms with Gasteiger partial charge in [0.05, 0.1) is 12.8 Å². The summed E-state index contributed by atoms with van der Waals surface area (Å²) in [7, 11) is 0. The quantitative estimate of drug-likeness (QED) is 0.790. The average Bonchev–Trinajstić information content (AvgIpc) is 2.84. The lowest BCUT2D eigenvalue weighted by Crippen LogP contribution is -2.22. The van der Waals surface area contributed by atoms with Crippen LogP contribution in [-0.4, -0.2) is 11.4 Å². The Morgan fingerprint density at radius 2 is 2.11 bits per heavy atom. The molecule has 0 saturated carbocycles. The summed E-state index contributed by atoms with van der Waals surface area (Å²) in [6, 6.07) is 9.90. The molecule has 0 amide bonds. The van der Waals surface area contributed by atoms with Crippen molar-refractivity contribution in [3.8, 4) is 0 Å². The van der Waals surface area contributed by atoms with Gasteiger partial charge in [-0.25, -0.2) is 0 Å². The van der Waals surface area contributed by atoms with Gasteiger partial charge >= 0.3 is 0 Å². The van der Waals surface area contributed by atoms with Crippen molar-refractivity contribution in [2.75, 3.05) is 6.54 Å². The fraction of sp³-hybridized carbons (Fsp3) is 0.286. The number of halogens is 2. The normalized spacial score (nSPS) is 11.1. The smallest absolute Gasteiger partial charge is 0.117 e. The minimum atomic E-state index is 0.794. The van der Waals surface area contributed by atoms with E-state index in [9.17, 15) is 0 Å². The number of hydrogen-bond acceptors (Lipinski definition) is 2.